The van der Waals surface area contributed by atoms with Crippen LogP contribution in [0.2, 0.25) is 0 Å². The number of sulfonamides is 1. The number of nitro groups is 1. The Morgan fingerprint density at radius 1 is 0.938 bits per heavy atom. The molecule has 0 radical (unpaired) electrons. The molecule has 32 heavy (non-hydrogen) atoms. The average Bonchev–Trinajstić information content (AvgIpc) is 2.78. The fourth-order valence-electron chi connectivity index (χ4n) is 3.34. The van der Waals surface area contributed by atoms with E-state index >= 15 is 0 Å². The fraction of sp³-hybridized carbons (Fsp3) is 0.350. The van der Waals surface area contributed by atoms with E-state index < -0.39 is 35.7 Å². The van der Waals surface area contributed by atoms with E-state index in [1.807, 2.05) is 0 Å². The number of hydrogen-bond acceptors (Lipinski definition) is 7. The molecule has 0 unspecified atom stereocenters. The molecule has 3 rings (SSSR count). The van der Waals surface area contributed by atoms with Crippen LogP contribution in [0.25, 0.3) is 0 Å². The fourth-order valence-corrected chi connectivity index (χ4v) is 5.98. The highest BCUT2D eigenvalue weighted by atomic mass is 32.2. The predicted octanol–water partition coefficient (Wildman–Crippen LogP) is 1.92. The van der Waals surface area contributed by atoms with Crippen LogP contribution < -0.4 is 0 Å². The Labute approximate surface area is 186 Å². The van der Waals surface area contributed by atoms with Gasteiger partial charge in [0.2, 0.25) is 10.0 Å². The van der Waals surface area contributed by atoms with Crippen LogP contribution in [-0.2, 0) is 19.9 Å². The maximum Gasteiger partial charge on any atom is 0.289 e. The van der Waals surface area contributed by atoms with Gasteiger partial charge < -0.3 is 4.90 Å². The summed E-state index contributed by atoms with van der Waals surface area (Å²) in [7, 11) is -7.54. The minimum atomic E-state index is -4.09. The lowest BCUT2D eigenvalue weighted by molar-refractivity contribution is -0.387. The number of hydrogen-bond donors (Lipinski definition) is 0. The molecule has 0 aliphatic carbocycles. The highest BCUT2D eigenvalue weighted by Crippen LogP contribution is 2.27. The van der Waals surface area contributed by atoms with E-state index in [1.165, 1.54) is 47.4 Å². The van der Waals surface area contributed by atoms with Crippen molar-refractivity contribution in [1.82, 2.24) is 9.21 Å². The number of sulfone groups is 1. The lowest BCUT2D eigenvalue weighted by Crippen LogP contribution is -2.50. The van der Waals surface area contributed by atoms with Gasteiger partial charge in [-0.3, -0.25) is 14.9 Å². The molecule has 1 aliphatic rings. The van der Waals surface area contributed by atoms with Gasteiger partial charge in [-0.15, -0.1) is 0 Å². The summed E-state index contributed by atoms with van der Waals surface area (Å²) >= 11 is 0. The van der Waals surface area contributed by atoms with Crippen molar-refractivity contribution in [3.05, 3.63) is 64.2 Å². The smallest absolute Gasteiger partial charge is 0.289 e. The number of para-hydroxylation sites is 1. The maximum absolute atomic E-state index is 12.9. The molecule has 1 amide bonds. The van der Waals surface area contributed by atoms with Gasteiger partial charge in [-0.2, -0.15) is 4.31 Å². The first-order chi connectivity index (χ1) is 15.0. The predicted molar refractivity (Wildman–Crippen MR) is 117 cm³/mol. The highest BCUT2D eigenvalue weighted by Gasteiger charge is 2.34. The SMILES string of the molecule is CC(C)S(=O)(=O)c1ccc(C(=O)N2CCN(S(=O)(=O)c3ccccc3[N+](=O)[O-])CC2)cc1. The zero-order chi connectivity index (χ0) is 23.7. The second kappa shape index (κ2) is 8.96. The lowest BCUT2D eigenvalue weighted by Gasteiger charge is -2.34. The van der Waals surface area contributed by atoms with Gasteiger partial charge in [0, 0.05) is 37.8 Å². The van der Waals surface area contributed by atoms with Crippen LogP contribution in [0.1, 0.15) is 24.2 Å². The summed E-state index contributed by atoms with van der Waals surface area (Å²) in [5.41, 5.74) is -0.204. The van der Waals surface area contributed by atoms with Crippen molar-refractivity contribution in [1.29, 1.82) is 0 Å². The standard InChI is InChI=1S/C20H23N3O7S2/c1-15(2)31(27,28)17-9-7-16(8-10-17)20(24)21-11-13-22(14-12-21)32(29,30)19-6-4-3-5-18(19)23(25)26/h3-10,15H,11-14H2,1-2H3. The van der Waals surface area contributed by atoms with Gasteiger partial charge in [-0.05, 0) is 44.2 Å². The first-order valence-corrected chi connectivity index (χ1v) is 12.8. The molecule has 1 fully saturated rings. The Morgan fingerprint density at radius 2 is 1.50 bits per heavy atom. The zero-order valence-corrected chi connectivity index (χ0v) is 19.2. The molecule has 1 aliphatic heterocycles. The van der Waals surface area contributed by atoms with Gasteiger partial charge in [0.25, 0.3) is 11.6 Å². The number of carbonyl (C=O) groups is 1. The zero-order valence-electron chi connectivity index (χ0n) is 17.5. The molecule has 2 aromatic carbocycles. The highest BCUT2D eigenvalue weighted by molar-refractivity contribution is 7.92. The van der Waals surface area contributed by atoms with Gasteiger partial charge in [0.1, 0.15) is 0 Å². The summed E-state index contributed by atoms with van der Waals surface area (Å²) in [5, 5.41) is 10.6. The summed E-state index contributed by atoms with van der Waals surface area (Å²) in [6.45, 7) is 3.33. The first-order valence-electron chi connectivity index (χ1n) is 9.83. The normalized spacial score (nSPS) is 15.7. The molecule has 0 N–H and O–H groups in total. The maximum atomic E-state index is 12.9. The van der Waals surface area contributed by atoms with Crippen LogP contribution in [0.15, 0.2) is 58.3 Å². The Balaban J connectivity index is 1.72. The molecule has 0 aromatic heterocycles. The first kappa shape index (κ1) is 23.8. The molecule has 10 nitrogen and oxygen atoms in total. The molecule has 0 saturated carbocycles. The van der Waals surface area contributed by atoms with Crippen molar-refractivity contribution >= 4 is 31.5 Å². The minimum Gasteiger partial charge on any atom is -0.336 e. The van der Waals surface area contributed by atoms with E-state index in [0.29, 0.717) is 5.56 Å². The van der Waals surface area contributed by atoms with E-state index in [0.717, 1.165) is 10.4 Å². The Hall–Kier alpha value is -2.83. The summed E-state index contributed by atoms with van der Waals surface area (Å²) in [5.74, 6) is -0.346. The van der Waals surface area contributed by atoms with Crippen molar-refractivity contribution in [3.8, 4) is 0 Å². The van der Waals surface area contributed by atoms with Crippen LogP contribution in [0.5, 0.6) is 0 Å². The second-order valence-corrected chi connectivity index (χ2v) is 11.9. The van der Waals surface area contributed by atoms with Gasteiger partial charge in [0.15, 0.2) is 14.7 Å². The average molecular weight is 482 g/mol. The van der Waals surface area contributed by atoms with Crippen molar-refractivity contribution < 1.29 is 26.6 Å². The number of piperazine rings is 1. The Bertz CT molecular complexity index is 1230. The van der Waals surface area contributed by atoms with Crippen molar-refractivity contribution in [2.75, 3.05) is 26.2 Å². The summed E-state index contributed by atoms with van der Waals surface area (Å²) in [6.07, 6.45) is 0. The van der Waals surface area contributed by atoms with Crippen molar-refractivity contribution in [2.24, 2.45) is 0 Å². The van der Waals surface area contributed by atoms with Gasteiger partial charge in [0.05, 0.1) is 15.1 Å². The van der Waals surface area contributed by atoms with E-state index in [9.17, 15) is 31.7 Å². The number of rotatable bonds is 6. The quantitative estimate of drug-likeness (QED) is 0.454. The van der Waals surface area contributed by atoms with E-state index in [-0.39, 0.29) is 41.9 Å². The summed E-state index contributed by atoms with van der Waals surface area (Å²) in [6, 6.07) is 10.8. The molecular formula is C20H23N3O7S2. The molecule has 172 valence electrons. The molecular weight excluding hydrogens is 458 g/mol. The van der Waals surface area contributed by atoms with Crippen molar-refractivity contribution in [2.45, 2.75) is 28.9 Å². The monoisotopic (exact) mass is 481 g/mol. The molecule has 0 spiro atoms. The van der Waals surface area contributed by atoms with E-state index in [1.54, 1.807) is 13.8 Å². The van der Waals surface area contributed by atoms with Crippen LogP contribution >= 0.6 is 0 Å². The minimum absolute atomic E-state index is 0.0140. The van der Waals surface area contributed by atoms with Gasteiger partial charge in [-0.25, -0.2) is 16.8 Å². The number of amides is 1. The Morgan fingerprint density at radius 3 is 2.03 bits per heavy atom. The summed E-state index contributed by atoms with van der Waals surface area (Å²) in [4.78, 5) is 24.5. The number of nitrogens with zero attached hydrogens (tertiary/aromatic N) is 3. The molecule has 1 saturated heterocycles. The van der Waals surface area contributed by atoms with Crippen LogP contribution in [0.4, 0.5) is 5.69 Å². The Kier molecular flexibility index (Phi) is 6.67. The van der Waals surface area contributed by atoms with Crippen LogP contribution in [0, 0.1) is 10.1 Å². The van der Waals surface area contributed by atoms with Crippen molar-refractivity contribution in [3.63, 3.8) is 0 Å². The van der Waals surface area contributed by atoms with Gasteiger partial charge in [-0.1, -0.05) is 12.1 Å². The third-order valence-electron chi connectivity index (χ3n) is 5.26. The topological polar surface area (TPSA) is 135 Å². The molecule has 0 bridgehead atoms. The largest absolute Gasteiger partial charge is 0.336 e. The molecule has 1 heterocycles. The lowest BCUT2D eigenvalue weighted by atomic mass is 10.2. The van der Waals surface area contributed by atoms with Crippen LogP contribution in [-0.4, -0.2) is 68.3 Å². The summed E-state index contributed by atoms with van der Waals surface area (Å²) < 4.78 is 51.4. The van der Waals surface area contributed by atoms with Gasteiger partial charge >= 0.3 is 0 Å². The third-order valence-corrected chi connectivity index (χ3v) is 9.37. The number of nitro benzene ring substituents is 1. The molecule has 2 aromatic rings. The van der Waals surface area contributed by atoms with E-state index in [2.05, 4.69) is 0 Å². The second-order valence-electron chi connectivity index (χ2n) is 7.54. The number of carbonyl (C=O) groups excluding carboxylic acids is 1. The van der Waals surface area contributed by atoms with E-state index in [4.69, 9.17) is 0 Å². The number of benzene rings is 2. The molecule has 0 atom stereocenters. The molecule has 12 heteroatoms. The van der Waals surface area contributed by atoms with Crippen LogP contribution in [0.3, 0.4) is 0 Å². The third kappa shape index (κ3) is 4.52.